The van der Waals surface area contributed by atoms with Crippen LogP contribution in [0, 0.1) is 0 Å². The molecule has 0 heterocycles. The first-order valence-corrected chi connectivity index (χ1v) is 33.6. The number of likely N-dealkylation sites (N-methyl/N-ethyl adjacent to an activating group) is 1. The summed E-state index contributed by atoms with van der Waals surface area (Å²) in [5.74, 6) is -0.194. The number of carbonyl (C=O) groups excluding carboxylic acids is 1. The van der Waals surface area contributed by atoms with E-state index in [1.165, 1.54) is 89.9 Å². The monoisotopic (exact) mass is 1130 g/mol. The van der Waals surface area contributed by atoms with Crippen LogP contribution in [0.1, 0.15) is 245 Å². The lowest BCUT2D eigenvalue weighted by atomic mass is 10.0. The number of amides is 1. The van der Waals surface area contributed by atoms with Gasteiger partial charge in [0.15, 0.2) is 0 Å². The van der Waals surface area contributed by atoms with Crippen molar-refractivity contribution in [2.24, 2.45) is 0 Å². The van der Waals surface area contributed by atoms with Crippen LogP contribution in [0.4, 0.5) is 0 Å². The third-order valence-corrected chi connectivity index (χ3v) is 14.6. The van der Waals surface area contributed by atoms with Gasteiger partial charge in [0.05, 0.1) is 39.9 Å². The summed E-state index contributed by atoms with van der Waals surface area (Å²) >= 11 is 0. The maximum atomic E-state index is 13.0. The second kappa shape index (κ2) is 60.0. The van der Waals surface area contributed by atoms with Gasteiger partial charge in [-0.25, -0.2) is 0 Å². The Bertz CT molecular complexity index is 1810. The summed E-state index contributed by atoms with van der Waals surface area (Å²) in [6.45, 7) is 4.58. The van der Waals surface area contributed by atoms with E-state index in [1.807, 2.05) is 21.1 Å². The van der Waals surface area contributed by atoms with Crippen LogP contribution in [0.2, 0.25) is 0 Å². The van der Waals surface area contributed by atoms with Crippen molar-refractivity contribution in [1.29, 1.82) is 0 Å². The van der Waals surface area contributed by atoms with Crippen molar-refractivity contribution in [2.45, 2.75) is 257 Å². The minimum absolute atomic E-state index is 0.000301. The van der Waals surface area contributed by atoms with Gasteiger partial charge in [-0.3, -0.25) is 9.36 Å². The fourth-order valence-electron chi connectivity index (χ4n) is 8.61. The number of nitrogens with one attached hydrogen (secondary N) is 1. The average Bonchev–Trinajstić information content (AvgIpc) is 3.42. The Hall–Kier alpha value is -3.62. The lowest BCUT2D eigenvalue weighted by Crippen LogP contribution is -2.46. The highest BCUT2D eigenvalue weighted by molar-refractivity contribution is 7.45. The van der Waals surface area contributed by atoms with Crippen molar-refractivity contribution >= 4 is 13.7 Å². The molecule has 0 spiro atoms. The molecule has 0 saturated heterocycles. The zero-order valence-electron chi connectivity index (χ0n) is 52.0. The lowest BCUT2D eigenvalue weighted by Gasteiger charge is -2.30. The van der Waals surface area contributed by atoms with Gasteiger partial charge < -0.3 is 28.8 Å². The van der Waals surface area contributed by atoms with E-state index in [0.29, 0.717) is 23.9 Å². The maximum Gasteiger partial charge on any atom is 0.268 e. The number of phosphoric ester groups is 1. The number of unbranched alkanes of at least 4 members (excludes halogenated alkanes) is 20. The van der Waals surface area contributed by atoms with E-state index in [4.69, 9.17) is 9.05 Å². The summed E-state index contributed by atoms with van der Waals surface area (Å²) in [6.07, 6.45) is 91.8. The number of phosphoric acid groups is 1. The zero-order valence-corrected chi connectivity index (χ0v) is 52.9. The quantitative estimate of drug-likeness (QED) is 0.0272. The number of hydrogen-bond donors (Lipinski definition) is 2. The van der Waals surface area contributed by atoms with Gasteiger partial charge in [0, 0.05) is 6.42 Å². The molecular weight excluding hydrogens is 1010 g/mol. The molecule has 0 saturated carbocycles. The maximum absolute atomic E-state index is 13.0. The Morgan fingerprint density at radius 2 is 0.762 bits per heavy atom. The van der Waals surface area contributed by atoms with Crippen LogP contribution in [0.5, 0.6) is 0 Å². The normalized spacial score (nSPS) is 14.7. The summed E-state index contributed by atoms with van der Waals surface area (Å²) in [7, 11) is 1.27. The van der Waals surface area contributed by atoms with E-state index in [-0.39, 0.29) is 19.1 Å². The molecular formula is C71H121N2O6P. The van der Waals surface area contributed by atoms with Crippen LogP contribution < -0.4 is 10.2 Å². The van der Waals surface area contributed by atoms with Gasteiger partial charge in [0.2, 0.25) is 5.91 Å². The number of rotatable bonds is 57. The second-order valence-electron chi connectivity index (χ2n) is 22.4. The van der Waals surface area contributed by atoms with Gasteiger partial charge in [0.1, 0.15) is 13.2 Å². The lowest BCUT2D eigenvalue weighted by molar-refractivity contribution is -0.870. The highest BCUT2D eigenvalue weighted by Gasteiger charge is 2.24. The third kappa shape index (κ3) is 62.0. The molecule has 0 aliphatic carbocycles. The van der Waals surface area contributed by atoms with Gasteiger partial charge in [-0.05, 0) is 103 Å². The van der Waals surface area contributed by atoms with E-state index in [1.54, 1.807) is 0 Å². The molecule has 9 heteroatoms. The Morgan fingerprint density at radius 3 is 1.11 bits per heavy atom. The molecule has 0 aliphatic heterocycles. The van der Waals surface area contributed by atoms with Gasteiger partial charge in [0.25, 0.3) is 7.82 Å². The van der Waals surface area contributed by atoms with Gasteiger partial charge in [-0.2, -0.15) is 0 Å². The van der Waals surface area contributed by atoms with Crippen LogP contribution in [-0.2, 0) is 18.4 Å². The predicted octanol–water partition coefficient (Wildman–Crippen LogP) is 19.8. The zero-order chi connectivity index (χ0) is 58.4. The molecule has 3 unspecified atom stereocenters. The molecule has 80 heavy (non-hydrogen) atoms. The van der Waals surface area contributed by atoms with E-state index >= 15 is 0 Å². The van der Waals surface area contributed by atoms with E-state index in [9.17, 15) is 19.4 Å². The molecule has 456 valence electrons. The second-order valence-corrected chi connectivity index (χ2v) is 23.8. The molecule has 2 N–H and O–H groups in total. The minimum atomic E-state index is -4.59. The average molecular weight is 1130 g/mol. The molecule has 0 aromatic heterocycles. The summed E-state index contributed by atoms with van der Waals surface area (Å²) in [4.78, 5) is 25.6. The van der Waals surface area contributed by atoms with E-state index in [0.717, 1.165) is 128 Å². The van der Waals surface area contributed by atoms with Gasteiger partial charge >= 0.3 is 0 Å². The third-order valence-electron chi connectivity index (χ3n) is 13.6. The Kier molecular flexibility index (Phi) is 57.3. The van der Waals surface area contributed by atoms with Gasteiger partial charge in [-0.1, -0.05) is 282 Å². The summed E-state index contributed by atoms with van der Waals surface area (Å²) in [5, 5.41) is 14.0. The van der Waals surface area contributed by atoms with Gasteiger partial charge in [-0.15, -0.1) is 0 Å². The standard InChI is InChI=1S/C71H121N2O6P/c1-6-8-10-12-14-16-18-20-22-24-25-26-27-28-29-30-31-32-33-34-35-36-37-38-39-40-41-42-43-44-45-46-47-49-51-53-55-57-59-61-63-65-71(75)72-69(68-79-80(76,77)78-67-66-73(3,4)5)70(74)64-62-60-58-56-54-52-50-48-23-21-19-17-15-13-11-9-7-2/h8,10,14,16,20,22,25-26,28-29,31-32,34-35,37-38,40-41,43-44,46-47,51,53,69-70,74H,6-7,9,11-13,15,17-19,21,23-24,27,30,33,36,39,42,45,48-50,52,54-68H2,1-5H3,(H-,72,75,76,77)/b10-8-,16-14-,22-20-,26-25-,29-28-,32-31-,35-34-,38-37-,41-40-,44-43-,47-46-,53-51-. The van der Waals surface area contributed by atoms with Crippen LogP contribution in [-0.4, -0.2) is 68.5 Å². The Labute approximate surface area is 493 Å². The van der Waals surface area contributed by atoms with Crippen LogP contribution in [0.25, 0.3) is 0 Å². The van der Waals surface area contributed by atoms with E-state index < -0.39 is 20.0 Å². The number of allylic oxidation sites excluding steroid dienone is 24. The number of hydrogen-bond acceptors (Lipinski definition) is 6. The summed E-state index contributed by atoms with van der Waals surface area (Å²) < 4.78 is 23.4. The molecule has 0 aliphatic rings. The first-order valence-electron chi connectivity index (χ1n) is 32.2. The van der Waals surface area contributed by atoms with Crippen molar-refractivity contribution in [3.8, 4) is 0 Å². The number of nitrogens with zero attached hydrogens (tertiary/aromatic N) is 1. The molecule has 0 rings (SSSR count). The Balaban J connectivity index is 4.18. The predicted molar refractivity (Wildman–Crippen MR) is 348 cm³/mol. The number of aliphatic hydroxyl groups is 1. The van der Waals surface area contributed by atoms with Crippen molar-refractivity contribution in [3.05, 3.63) is 146 Å². The molecule has 0 radical (unpaired) electrons. The molecule has 0 aromatic carbocycles. The Morgan fingerprint density at radius 1 is 0.450 bits per heavy atom. The molecule has 0 fully saturated rings. The highest BCUT2D eigenvalue weighted by atomic mass is 31.2. The summed E-state index contributed by atoms with van der Waals surface area (Å²) in [5.41, 5.74) is 0. The topological polar surface area (TPSA) is 108 Å². The smallest absolute Gasteiger partial charge is 0.268 e. The van der Waals surface area contributed by atoms with Crippen molar-refractivity contribution < 1.29 is 32.9 Å². The minimum Gasteiger partial charge on any atom is -0.756 e. The molecule has 8 nitrogen and oxygen atoms in total. The van der Waals surface area contributed by atoms with Crippen molar-refractivity contribution in [3.63, 3.8) is 0 Å². The number of carbonyl (C=O) groups is 1. The highest BCUT2D eigenvalue weighted by Crippen LogP contribution is 2.38. The first-order chi connectivity index (χ1) is 39.0. The van der Waals surface area contributed by atoms with Crippen LogP contribution >= 0.6 is 7.82 Å². The van der Waals surface area contributed by atoms with Crippen molar-refractivity contribution in [2.75, 3.05) is 40.9 Å². The number of quaternary nitrogens is 1. The first kappa shape index (κ1) is 76.4. The largest absolute Gasteiger partial charge is 0.756 e. The molecule has 0 bridgehead atoms. The fraction of sp³-hybridized carbons (Fsp3) is 0.648. The molecule has 3 atom stereocenters. The summed E-state index contributed by atoms with van der Waals surface area (Å²) in [6, 6.07) is -0.825. The van der Waals surface area contributed by atoms with Crippen LogP contribution in [0.15, 0.2) is 146 Å². The SMILES string of the molecule is CC/C=C\C/C=C\C/C=C\C/C=C\C/C=C\C/C=C\C/C=C\C/C=C\C/C=C\C/C=C\C/C=C\C/C=C\CCCCCCC(=O)NC(COP(=O)([O-])OCC[N+](C)(C)C)C(O)CCCCCCCCCCCCCCCCCCC. The number of aliphatic hydroxyl groups excluding tert-OH is 1. The van der Waals surface area contributed by atoms with Crippen LogP contribution in [0.3, 0.4) is 0 Å². The fourth-order valence-corrected chi connectivity index (χ4v) is 9.33. The van der Waals surface area contributed by atoms with Crippen molar-refractivity contribution in [1.82, 2.24) is 5.32 Å². The molecule has 1 amide bonds. The van der Waals surface area contributed by atoms with E-state index in [2.05, 4.69) is 165 Å². The molecule has 0 aromatic rings.